The van der Waals surface area contributed by atoms with E-state index in [0.717, 1.165) is 24.3 Å². The van der Waals surface area contributed by atoms with Gasteiger partial charge < -0.3 is 30.6 Å². The largest absolute Gasteiger partial charge is 0.507 e. The minimum atomic E-state index is -1.64. The Morgan fingerprint density at radius 2 is 1.57 bits per heavy atom. The summed E-state index contributed by atoms with van der Waals surface area (Å²) in [6, 6.07) is 3.22. The van der Waals surface area contributed by atoms with Gasteiger partial charge in [0.25, 0.3) is 0 Å². The molecule has 2 aromatic rings. The number of fused-ring (bicyclic) bond motifs is 1. The molecule has 0 saturated heterocycles. The molecule has 122 valence electrons. The molecule has 1 atom stereocenters. The van der Waals surface area contributed by atoms with Gasteiger partial charge in [-0.3, -0.25) is 4.79 Å². The average molecular weight is 320 g/mol. The van der Waals surface area contributed by atoms with Crippen LogP contribution in [0.5, 0.6) is 23.0 Å². The van der Waals surface area contributed by atoms with Crippen LogP contribution < -0.4 is 0 Å². The number of hydrogen-bond acceptors (Lipinski definition) is 7. The lowest BCUT2D eigenvalue weighted by molar-refractivity contribution is -0.0651. The number of aromatic hydroxyl groups is 4. The van der Waals surface area contributed by atoms with Gasteiger partial charge in [-0.25, -0.2) is 0 Å². The summed E-state index contributed by atoms with van der Waals surface area (Å²) in [6.45, 7) is 1.47. The number of phenols is 4. The van der Waals surface area contributed by atoms with E-state index >= 15 is 0 Å². The molecule has 0 amide bonds. The van der Waals surface area contributed by atoms with Gasteiger partial charge in [0.15, 0.2) is 12.1 Å². The molecule has 0 aromatic heterocycles. The van der Waals surface area contributed by atoms with Crippen LogP contribution in [0.25, 0.3) is 10.8 Å². The molecule has 0 aliphatic rings. The van der Waals surface area contributed by atoms with Crippen molar-refractivity contribution in [2.75, 3.05) is 0 Å². The summed E-state index contributed by atoms with van der Waals surface area (Å²) in [4.78, 5) is 12.1. The first-order valence-corrected chi connectivity index (χ1v) is 6.72. The zero-order valence-corrected chi connectivity index (χ0v) is 12.1. The van der Waals surface area contributed by atoms with E-state index in [-0.39, 0.29) is 22.1 Å². The SMILES string of the molecule is CC(C=CC(=O)c1cc(O)c2c(O)ccc(O)c2c1O)C(O)O. The van der Waals surface area contributed by atoms with Crippen molar-refractivity contribution in [2.24, 2.45) is 5.92 Å². The van der Waals surface area contributed by atoms with Crippen LogP contribution >= 0.6 is 0 Å². The van der Waals surface area contributed by atoms with Crippen LogP contribution in [0.4, 0.5) is 0 Å². The van der Waals surface area contributed by atoms with Gasteiger partial charge in [0.05, 0.1) is 16.3 Å². The Labute approximate surface area is 131 Å². The van der Waals surface area contributed by atoms with Crippen LogP contribution in [0.15, 0.2) is 30.4 Å². The summed E-state index contributed by atoms with van der Waals surface area (Å²) in [5.41, 5.74) is -0.299. The normalized spacial score (nSPS) is 13.0. The van der Waals surface area contributed by atoms with Crippen LogP contribution in [0, 0.1) is 5.92 Å². The number of rotatable bonds is 4. The Kier molecular flexibility index (Phi) is 4.44. The topological polar surface area (TPSA) is 138 Å². The maximum atomic E-state index is 12.1. The smallest absolute Gasteiger partial charge is 0.189 e. The van der Waals surface area contributed by atoms with Gasteiger partial charge >= 0.3 is 0 Å². The molecular formula is C16H16O7. The fraction of sp³-hybridized carbons (Fsp3) is 0.188. The Bertz CT molecular complexity index is 793. The van der Waals surface area contributed by atoms with Gasteiger partial charge in [0.1, 0.15) is 23.0 Å². The predicted molar refractivity (Wildman–Crippen MR) is 81.5 cm³/mol. The van der Waals surface area contributed by atoms with E-state index in [9.17, 15) is 25.2 Å². The quantitative estimate of drug-likeness (QED) is 0.216. The third-order valence-electron chi connectivity index (χ3n) is 3.48. The average Bonchev–Trinajstić information content (AvgIpc) is 2.50. The molecule has 7 nitrogen and oxygen atoms in total. The Morgan fingerprint density at radius 1 is 1.00 bits per heavy atom. The van der Waals surface area contributed by atoms with Crippen molar-refractivity contribution in [1.29, 1.82) is 0 Å². The van der Waals surface area contributed by atoms with E-state index in [2.05, 4.69) is 0 Å². The number of aliphatic hydroxyl groups excluding tert-OH is 1. The number of ketones is 1. The minimum absolute atomic E-state index is 0.179. The lowest BCUT2D eigenvalue weighted by Gasteiger charge is -2.11. The third-order valence-corrected chi connectivity index (χ3v) is 3.48. The van der Waals surface area contributed by atoms with Crippen LogP contribution in [0.1, 0.15) is 17.3 Å². The molecule has 7 heteroatoms. The van der Waals surface area contributed by atoms with Crippen molar-refractivity contribution in [3.05, 3.63) is 35.9 Å². The molecule has 0 spiro atoms. The molecule has 0 fully saturated rings. The monoisotopic (exact) mass is 320 g/mol. The first kappa shape index (κ1) is 16.6. The lowest BCUT2D eigenvalue weighted by atomic mass is 9.99. The van der Waals surface area contributed by atoms with E-state index < -0.39 is 35.2 Å². The number of benzene rings is 2. The summed E-state index contributed by atoms with van der Waals surface area (Å²) in [7, 11) is 0. The van der Waals surface area contributed by atoms with Crippen molar-refractivity contribution in [3.8, 4) is 23.0 Å². The third kappa shape index (κ3) is 3.05. The van der Waals surface area contributed by atoms with E-state index in [1.807, 2.05) is 0 Å². The molecule has 0 aliphatic heterocycles. The zero-order chi connectivity index (χ0) is 17.3. The predicted octanol–water partition coefficient (Wildman–Crippen LogP) is 1.35. The second kappa shape index (κ2) is 6.15. The summed E-state index contributed by atoms with van der Waals surface area (Å²) in [5.74, 6) is -3.29. The number of phenolic OH excluding ortho intramolecular Hbond substituents is 4. The Hall–Kier alpha value is -2.77. The van der Waals surface area contributed by atoms with Gasteiger partial charge in [-0.1, -0.05) is 13.0 Å². The van der Waals surface area contributed by atoms with Crippen molar-refractivity contribution in [1.82, 2.24) is 0 Å². The van der Waals surface area contributed by atoms with Crippen LogP contribution in [-0.2, 0) is 0 Å². The van der Waals surface area contributed by atoms with Crippen LogP contribution in [-0.4, -0.2) is 42.7 Å². The number of hydrogen-bond donors (Lipinski definition) is 6. The molecule has 2 aromatic carbocycles. The van der Waals surface area contributed by atoms with E-state index in [4.69, 9.17) is 10.2 Å². The molecular weight excluding hydrogens is 304 g/mol. The molecule has 0 radical (unpaired) electrons. The Morgan fingerprint density at radius 3 is 2.13 bits per heavy atom. The molecule has 0 aliphatic carbocycles. The molecule has 0 saturated carbocycles. The van der Waals surface area contributed by atoms with Crippen molar-refractivity contribution in [2.45, 2.75) is 13.2 Å². The molecule has 1 unspecified atom stereocenters. The molecule has 0 bridgehead atoms. The maximum absolute atomic E-state index is 12.1. The fourth-order valence-corrected chi connectivity index (χ4v) is 2.11. The van der Waals surface area contributed by atoms with Crippen LogP contribution in [0.2, 0.25) is 0 Å². The van der Waals surface area contributed by atoms with Crippen LogP contribution in [0.3, 0.4) is 0 Å². The number of aliphatic hydroxyl groups is 2. The second-order valence-corrected chi connectivity index (χ2v) is 5.14. The summed E-state index contributed by atoms with van der Waals surface area (Å²) in [5, 5.41) is 57.2. The number of allylic oxidation sites excluding steroid dienone is 1. The van der Waals surface area contributed by atoms with Gasteiger partial charge in [0, 0.05) is 5.92 Å². The molecule has 23 heavy (non-hydrogen) atoms. The maximum Gasteiger partial charge on any atom is 0.189 e. The number of carbonyl (C=O) groups is 1. The van der Waals surface area contributed by atoms with E-state index in [1.54, 1.807) is 0 Å². The lowest BCUT2D eigenvalue weighted by Crippen LogP contribution is -2.14. The molecule has 6 N–H and O–H groups in total. The number of carbonyl (C=O) groups excluding carboxylic acids is 1. The van der Waals surface area contributed by atoms with Gasteiger partial charge in [0.2, 0.25) is 0 Å². The van der Waals surface area contributed by atoms with E-state index in [1.165, 1.54) is 13.0 Å². The van der Waals surface area contributed by atoms with Crippen molar-refractivity contribution >= 4 is 16.6 Å². The molecule has 0 heterocycles. The van der Waals surface area contributed by atoms with Crippen molar-refractivity contribution in [3.63, 3.8) is 0 Å². The summed E-state index contributed by atoms with van der Waals surface area (Å²) in [6.07, 6.45) is 0.610. The summed E-state index contributed by atoms with van der Waals surface area (Å²) < 4.78 is 0. The van der Waals surface area contributed by atoms with Gasteiger partial charge in [-0.05, 0) is 24.3 Å². The fourth-order valence-electron chi connectivity index (χ4n) is 2.11. The minimum Gasteiger partial charge on any atom is -0.507 e. The molecule has 2 rings (SSSR count). The first-order chi connectivity index (χ1) is 10.7. The van der Waals surface area contributed by atoms with E-state index in [0.29, 0.717) is 0 Å². The Balaban J connectivity index is 2.57. The second-order valence-electron chi connectivity index (χ2n) is 5.14. The van der Waals surface area contributed by atoms with Gasteiger partial charge in [-0.2, -0.15) is 0 Å². The highest BCUT2D eigenvalue weighted by Crippen LogP contribution is 2.44. The summed E-state index contributed by atoms with van der Waals surface area (Å²) >= 11 is 0. The standard InChI is InChI=1S/C16H16O7/c1-7(16(22)23)2-3-9(17)8-6-12(20)13-10(18)4-5-11(19)14(13)15(8)21/h2-7,16,18-23H,1H3. The highest BCUT2D eigenvalue weighted by molar-refractivity contribution is 6.13. The first-order valence-electron chi connectivity index (χ1n) is 6.72. The highest BCUT2D eigenvalue weighted by atomic mass is 16.5. The van der Waals surface area contributed by atoms with Crippen molar-refractivity contribution < 1.29 is 35.4 Å². The highest BCUT2D eigenvalue weighted by Gasteiger charge is 2.20. The zero-order valence-electron chi connectivity index (χ0n) is 12.1. The van der Waals surface area contributed by atoms with Gasteiger partial charge in [-0.15, -0.1) is 0 Å².